The van der Waals surface area contributed by atoms with Gasteiger partial charge < -0.3 is 10.2 Å². The molecule has 1 aliphatic carbocycles. The Balaban J connectivity index is 1.94. The molecular formula is C13H15BrN2O. The number of nitrogens with zero attached hydrogens (tertiary/aromatic N) is 1. The predicted octanol–water partition coefficient (Wildman–Crippen LogP) is 3.58. The zero-order chi connectivity index (χ0) is 11.8. The molecule has 0 aliphatic heterocycles. The van der Waals surface area contributed by atoms with Gasteiger partial charge in [0, 0.05) is 16.4 Å². The van der Waals surface area contributed by atoms with Crippen molar-refractivity contribution in [2.45, 2.75) is 37.6 Å². The van der Waals surface area contributed by atoms with Crippen molar-refractivity contribution in [3.05, 3.63) is 28.6 Å². The van der Waals surface area contributed by atoms with Crippen LogP contribution in [-0.4, -0.2) is 11.0 Å². The first-order valence-electron chi connectivity index (χ1n) is 6.04. The number of rotatable bonds is 1. The molecule has 1 heterocycles. The Bertz CT molecular complexity index is 537. The average Bonchev–Trinajstić information content (AvgIpc) is 2.72. The number of oxazole rings is 1. The second kappa shape index (κ2) is 4.42. The Kier molecular flexibility index (Phi) is 2.92. The molecule has 1 saturated carbocycles. The average molecular weight is 295 g/mol. The van der Waals surface area contributed by atoms with Crippen molar-refractivity contribution >= 4 is 27.0 Å². The summed E-state index contributed by atoms with van der Waals surface area (Å²) in [5.41, 5.74) is 7.79. The smallest absolute Gasteiger partial charge is 0.198 e. The van der Waals surface area contributed by atoms with Crippen LogP contribution in [0.15, 0.2) is 27.1 Å². The van der Waals surface area contributed by atoms with E-state index in [0.717, 1.165) is 40.7 Å². The molecule has 2 aromatic rings. The van der Waals surface area contributed by atoms with Crippen molar-refractivity contribution in [3.63, 3.8) is 0 Å². The Hall–Kier alpha value is -0.870. The highest BCUT2D eigenvalue weighted by atomic mass is 79.9. The summed E-state index contributed by atoms with van der Waals surface area (Å²) in [5.74, 6) is 1.25. The van der Waals surface area contributed by atoms with Gasteiger partial charge in [0.2, 0.25) is 0 Å². The minimum Gasteiger partial charge on any atom is -0.440 e. The van der Waals surface area contributed by atoms with Gasteiger partial charge in [0.1, 0.15) is 5.52 Å². The van der Waals surface area contributed by atoms with Gasteiger partial charge in [0.25, 0.3) is 0 Å². The molecule has 3 rings (SSSR count). The summed E-state index contributed by atoms with van der Waals surface area (Å²) in [6, 6.07) is 6.23. The van der Waals surface area contributed by atoms with E-state index in [0.29, 0.717) is 12.0 Å². The van der Waals surface area contributed by atoms with Gasteiger partial charge in [-0.25, -0.2) is 4.98 Å². The number of fused-ring (bicyclic) bond motifs is 1. The van der Waals surface area contributed by atoms with Gasteiger partial charge in [0.05, 0.1) is 0 Å². The molecule has 0 radical (unpaired) electrons. The lowest BCUT2D eigenvalue weighted by Gasteiger charge is -2.23. The van der Waals surface area contributed by atoms with E-state index >= 15 is 0 Å². The third-order valence-corrected chi connectivity index (χ3v) is 3.92. The molecule has 1 aliphatic rings. The van der Waals surface area contributed by atoms with Crippen LogP contribution in [0.4, 0.5) is 0 Å². The third-order valence-electron chi connectivity index (χ3n) is 3.43. The molecule has 0 amide bonds. The summed E-state index contributed by atoms with van der Waals surface area (Å²) in [5, 5.41) is 0. The van der Waals surface area contributed by atoms with E-state index in [9.17, 15) is 0 Å². The second-order valence-electron chi connectivity index (χ2n) is 4.79. The number of nitrogens with two attached hydrogens (primary N) is 1. The summed E-state index contributed by atoms with van der Waals surface area (Å²) in [7, 11) is 0. The van der Waals surface area contributed by atoms with Gasteiger partial charge in [-0.2, -0.15) is 0 Å². The molecule has 0 bridgehead atoms. The van der Waals surface area contributed by atoms with Crippen LogP contribution < -0.4 is 5.73 Å². The van der Waals surface area contributed by atoms with E-state index in [-0.39, 0.29) is 0 Å². The molecule has 2 N–H and O–H groups in total. The topological polar surface area (TPSA) is 52.0 Å². The zero-order valence-corrected chi connectivity index (χ0v) is 11.1. The largest absolute Gasteiger partial charge is 0.440 e. The lowest BCUT2D eigenvalue weighted by molar-refractivity contribution is 0.343. The van der Waals surface area contributed by atoms with Crippen LogP contribution in [0.5, 0.6) is 0 Å². The van der Waals surface area contributed by atoms with Gasteiger partial charge in [-0.1, -0.05) is 22.4 Å². The van der Waals surface area contributed by atoms with Crippen LogP contribution in [-0.2, 0) is 0 Å². The van der Waals surface area contributed by atoms with E-state index in [1.807, 2.05) is 18.2 Å². The molecule has 90 valence electrons. The number of benzene rings is 1. The van der Waals surface area contributed by atoms with E-state index in [4.69, 9.17) is 10.2 Å². The minimum atomic E-state index is 0.301. The highest BCUT2D eigenvalue weighted by molar-refractivity contribution is 9.10. The maximum atomic E-state index is 6.00. The first-order valence-corrected chi connectivity index (χ1v) is 6.83. The number of hydrogen-bond acceptors (Lipinski definition) is 3. The standard InChI is InChI=1S/C13H15BrN2O/c14-9-4-5-12-11(7-9)16-13(17-12)8-2-1-3-10(15)6-8/h4-5,7-8,10H,1-3,6,15H2. The summed E-state index contributed by atoms with van der Waals surface area (Å²) in [6.07, 6.45) is 4.44. The SMILES string of the molecule is NC1CCCC(c2nc3cc(Br)ccc3o2)C1. The molecule has 1 aromatic heterocycles. The van der Waals surface area contributed by atoms with Crippen molar-refractivity contribution in [1.29, 1.82) is 0 Å². The maximum absolute atomic E-state index is 6.00. The molecule has 1 fully saturated rings. The summed E-state index contributed by atoms with van der Waals surface area (Å²) >= 11 is 3.45. The summed E-state index contributed by atoms with van der Waals surface area (Å²) < 4.78 is 6.86. The van der Waals surface area contributed by atoms with E-state index < -0.39 is 0 Å². The van der Waals surface area contributed by atoms with E-state index in [1.165, 1.54) is 6.42 Å². The van der Waals surface area contributed by atoms with Crippen molar-refractivity contribution in [1.82, 2.24) is 4.98 Å². The first kappa shape index (κ1) is 11.2. The number of halogens is 1. The summed E-state index contributed by atoms with van der Waals surface area (Å²) in [6.45, 7) is 0. The number of aromatic nitrogens is 1. The van der Waals surface area contributed by atoms with Gasteiger partial charge in [-0.3, -0.25) is 0 Å². The third kappa shape index (κ3) is 2.24. The maximum Gasteiger partial charge on any atom is 0.198 e. The lowest BCUT2D eigenvalue weighted by Crippen LogP contribution is -2.26. The zero-order valence-electron chi connectivity index (χ0n) is 9.53. The molecule has 3 nitrogen and oxygen atoms in total. The van der Waals surface area contributed by atoms with Crippen LogP contribution in [0.3, 0.4) is 0 Å². The Labute approximate surface area is 109 Å². The van der Waals surface area contributed by atoms with Crippen LogP contribution in [0.2, 0.25) is 0 Å². The van der Waals surface area contributed by atoms with Gasteiger partial charge in [-0.15, -0.1) is 0 Å². The van der Waals surface area contributed by atoms with Crippen molar-refractivity contribution in [2.75, 3.05) is 0 Å². The minimum absolute atomic E-state index is 0.301. The quantitative estimate of drug-likeness (QED) is 0.875. The molecule has 0 saturated heterocycles. The first-order chi connectivity index (χ1) is 8.22. The van der Waals surface area contributed by atoms with Crippen molar-refractivity contribution < 1.29 is 4.42 Å². The molecular weight excluding hydrogens is 280 g/mol. The lowest BCUT2D eigenvalue weighted by atomic mass is 9.86. The normalized spacial score (nSPS) is 25.3. The fourth-order valence-electron chi connectivity index (χ4n) is 2.54. The van der Waals surface area contributed by atoms with Gasteiger partial charge >= 0.3 is 0 Å². The van der Waals surface area contributed by atoms with Crippen molar-refractivity contribution in [3.8, 4) is 0 Å². The number of hydrogen-bond donors (Lipinski definition) is 1. The highest BCUT2D eigenvalue weighted by Crippen LogP contribution is 2.33. The Morgan fingerprint density at radius 2 is 2.24 bits per heavy atom. The molecule has 17 heavy (non-hydrogen) atoms. The molecule has 2 unspecified atom stereocenters. The molecule has 4 heteroatoms. The van der Waals surface area contributed by atoms with Crippen LogP contribution in [0.25, 0.3) is 11.1 Å². The summed E-state index contributed by atoms with van der Waals surface area (Å²) in [4.78, 5) is 4.58. The van der Waals surface area contributed by atoms with E-state index in [1.54, 1.807) is 0 Å². The van der Waals surface area contributed by atoms with Gasteiger partial charge in [-0.05, 0) is 37.5 Å². The Morgan fingerprint density at radius 1 is 1.35 bits per heavy atom. The highest BCUT2D eigenvalue weighted by Gasteiger charge is 2.24. The van der Waals surface area contributed by atoms with Crippen LogP contribution in [0, 0.1) is 0 Å². The van der Waals surface area contributed by atoms with Crippen molar-refractivity contribution in [2.24, 2.45) is 5.73 Å². The molecule has 2 atom stereocenters. The van der Waals surface area contributed by atoms with Gasteiger partial charge in [0.15, 0.2) is 11.5 Å². The second-order valence-corrected chi connectivity index (χ2v) is 5.70. The van der Waals surface area contributed by atoms with Crippen LogP contribution >= 0.6 is 15.9 Å². The Morgan fingerprint density at radius 3 is 3.06 bits per heavy atom. The molecule has 1 aromatic carbocycles. The fraction of sp³-hybridized carbons (Fsp3) is 0.462. The predicted molar refractivity (Wildman–Crippen MR) is 70.9 cm³/mol. The van der Waals surface area contributed by atoms with E-state index in [2.05, 4.69) is 20.9 Å². The monoisotopic (exact) mass is 294 g/mol. The molecule has 0 spiro atoms. The van der Waals surface area contributed by atoms with Crippen LogP contribution in [0.1, 0.15) is 37.5 Å². The fourth-order valence-corrected chi connectivity index (χ4v) is 2.89.